The van der Waals surface area contributed by atoms with Gasteiger partial charge in [-0.25, -0.2) is 5.32 Å². The molecule has 1 atom stereocenters. The topological polar surface area (TPSA) is 55.2 Å². The normalized spacial score (nSPS) is 30.8. The van der Waals surface area contributed by atoms with Crippen LogP contribution in [0.3, 0.4) is 0 Å². The van der Waals surface area contributed by atoms with Gasteiger partial charge in [0.25, 0.3) is 0 Å². The van der Waals surface area contributed by atoms with E-state index in [0.717, 1.165) is 19.5 Å². The average Bonchev–Trinajstić information content (AvgIpc) is 2.29. The summed E-state index contributed by atoms with van der Waals surface area (Å²) in [5.74, 6) is -0.00287. The summed E-state index contributed by atoms with van der Waals surface area (Å²) in [7, 11) is 1.65. The number of carbonyl (C=O) groups excluding carboxylic acids is 1. The first-order valence-corrected chi connectivity index (χ1v) is 4.30. The Morgan fingerprint density at radius 2 is 2.42 bits per heavy atom. The molecule has 1 aliphatic heterocycles. The Kier molecular flexibility index (Phi) is 3.05. The SMILES string of the molecule is CNC(=O)C1(C)CNCCC[N]1. The molecule has 1 rings (SSSR count). The zero-order valence-corrected chi connectivity index (χ0v) is 7.68. The van der Waals surface area contributed by atoms with E-state index in [1.165, 1.54) is 0 Å². The van der Waals surface area contributed by atoms with Crippen LogP contribution in [0.15, 0.2) is 0 Å². The van der Waals surface area contributed by atoms with Gasteiger partial charge in [-0.3, -0.25) is 4.79 Å². The van der Waals surface area contributed by atoms with Crippen LogP contribution in [0.2, 0.25) is 0 Å². The molecule has 1 fully saturated rings. The van der Waals surface area contributed by atoms with Crippen molar-refractivity contribution in [3.05, 3.63) is 0 Å². The van der Waals surface area contributed by atoms with Crippen molar-refractivity contribution >= 4 is 5.91 Å². The van der Waals surface area contributed by atoms with Crippen LogP contribution in [0.1, 0.15) is 13.3 Å². The van der Waals surface area contributed by atoms with Crippen molar-refractivity contribution in [1.82, 2.24) is 16.0 Å². The molecule has 1 radical (unpaired) electrons. The number of hydrogen-bond donors (Lipinski definition) is 2. The average molecular weight is 170 g/mol. The first-order chi connectivity index (χ1) is 5.69. The van der Waals surface area contributed by atoms with Crippen molar-refractivity contribution in [2.75, 3.05) is 26.7 Å². The third-order valence-electron chi connectivity index (χ3n) is 2.16. The number of hydrogen-bond acceptors (Lipinski definition) is 2. The van der Waals surface area contributed by atoms with Crippen LogP contribution < -0.4 is 16.0 Å². The molecule has 12 heavy (non-hydrogen) atoms. The van der Waals surface area contributed by atoms with Crippen molar-refractivity contribution in [1.29, 1.82) is 0 Å². The minimum Gasteiger partial charge on any atom is -0.357 e. The van der Waals surface area contributed by atoms with Crippen molar-refractivity contribution < 1.29 is 4.79 Å². The van der Waals surface area contributed by atoms with Gasteiger partial charge in [-0.15, -0.1) is 0 Å². The summed E-state index contributed by atoms with van der Waals surface area (Å²) in [6, 6.07) is 0. The third-order valence-corrected chi connectivity index (χ3v) is 2.16. The molecule has 0 aromatic rings. The standard InChI is InChI=1S/C8H16N3O/c1-8(7(12)9-2)6-10-4-3-5-11-8/h10H,3-6H2,1-2H3,(H,9,12). The maximum absolute atomic E-state index is 11.4. The van der Waals surface area contributed by atoms with E-state index in [1.54, 1.807) is 7.05 Å². The first-order valence-electron chi connectivity index (χ1n) is 4.30. The van der Waals surface area contributed by atoms with Crippen LogP contribution >= 0.6 is 0 Å². The summed E-state index contributed by atoms with van der Waals surface area (Å²) in [5.41, 5.74) is -0.564. The van der Waals surface area contributed by atoms with Gasteiger partial charge in [-0.2, -0.15) is 0 Å². The van der Waals surface area contributed by atoms with Crippen molar-refractivity contribution in [3.8, 4) is 0 Å². The van der Waals surface area contributed by atoms with E-state index in [-0.39, 0.29) is 5.91 Å². The van der Waals surface area contributed by atoms with Crippen LogP contribution in [-0.4, -0.2) is 38.1 Å². The molecule has 1 saturated heterocycles. The second-order valence-corrected chi connectivity index (χ2v) is 3.27. The number of amides is 1. The number of carbonyl (C=O) groups is 1. The fourth-order valence-corrected chi connectivity index (χ4v) is 1.34. The molecule has 69 valence electrons. The Morgan fingerprint density at radius 3 is 3.08 bits per heavy atom. The summed E-state index contributed by atoms with van der Waals surface area (Å²) in [4.78, 5) is 11.4. The Labute approximate surface area is 73.1 Å². The van der Waals surface area contributed by atoms with Crippen LogP contribution in [-0.2, 0) is 4.79 Å². The lowest BCUT2D eigenvalue weighted by Gasteiger charge is -2.24. The maximum Gasteiger partial charge on any atom is 0.242 e. The van der Waals surface area contributed by atoms with Gasteiger partial charge >= 0.3 is 0 Å². The van der Waals surface area contributed by atoms with E-state index in [0.29, 0.717) is 6.54 Å². The largest absolute Gasteiger partial charge is 0.357 e. The van der Waals surface area contributed by atoms with Crippen molar-refractivity contribution in [2.24, 2.45) is 0 Å². The maximum atomic E-state index is 11.4. The quantitative estimate of drug-likeness (QED) is 0.535. The van der Waals surface area contributed by atoms with E-state index in [1.807, 2.05) is 6.92 Å². The van der Waals surface area contributed by atoms with Gasteiger partial charge in [0.1, 0.15) is 5.54 Å². The minimum atomic E-state index is -0.564. The highest BCUT2D eigenvalue weighted by Crippen LogP contribution is 2.06. The predicted molar refractivity (Wildman–Crippen MR) is 47.0 cm³/mol. The fourth-order valence-electron chi connectivity index (χ4n) is 1.34. The Bertz CT molecular complexity index is 162. The monoisotopic (exact) mass is 170 g/mol. The first kappa shape index (κ1) is 9.48. The molecule has 0 spiro atoms. The number of nitrogens with zero attached hydrogens (tertiary/aromatic N) is 1. The molecule has 1 amide bonds. The van der Waals surface area contributed by atoms with Crippen LogP contribution in [0.4, 0.5) is 0 Å². The van der Waals surface area contributed by atoms with E-state index in [2.05, 4.69) is 16.0 Å². The second-order valence-electron chi connectivity index (χ2n) is 3.27. The highest BCUT2D eigenvalue weighted by molar-refractivity contribution is 5.85. The summed E-state index contributed by atoms with van der Waals surface area (Å²) >= 11 is 0. The molecule has 4 heteroatoms. The highest BCUT2D eigenvalue weighted by atomic mass is 16.2. The van der Waals surface area contributed by atoms with E-state index >= 15 is 0 Å². The lowest BCUT2D eigenvalue weighted by Crippen LogP contribution is -2.54. The zero-order chi connectivity index (χ0) is 9.03. The molecule has 2 N–H and O–H groups in total. The van der Waals surface area contributed by atoms with E-state index < -0.39 is 5.54 Å². The van der Waals surface area contributed by atoms with E-state index in [4.69, 9.17) is 0 Å². The summed E-state index contributed by atoms with van der Waals surface area (Å²) in [5, 5.41) is 10.2. The molecule has 1 aliphatic rings. The van der Waals surface area contributed by atoms with Crippen LogP contribution in [0.25, 0.3) is 0 Å². The van der Waals surface area contributed by atoms with Crippen LogP contribution in [0, 0.1) is 0 Å². The van der Waals surface area contributed by atoms with Gasteiger partial charge in [0.05, 0.1) is 0 Å². The van der Waals surface area contributed by atoms with Gasteiger partial charge in [0.2, 0.25) is 5.91 Å². The third kappa shape index (κ3) is 1.95. The molecular weight excluding hydrogens is 154 g/mol. The lowest BCUT2D eigenvalue weighted by atomic mass is 10.0. The number of rotatable bonds is 1. The van der Waals surface area contributed by atoms with Gasteiger partial charge in [0.15, 0.2) is 0 Å². The lowest BCUT2D eigenvalue weighted by molar-refractivity contribution is -0.126. The molecule has 0 aromatic carbocycles. The van der Waals surface area contributed by atoms with Crippen LogP contribution in [0.5, 0.6) is 0 Å². The molecule has 0 aliphatic carbocycles. The minimum absolute atomic E-state index is 0.00287. The second kappa shape index (κ2) is 3.87. The molecule has 1 unspecified atom stereocenters. The van der Waals surface area contributed by atoms with Gasteiger partial charge in [-0.1, -0.05) is 0 Å². The highest BCUT2D eigenvalue weighted by Gasteiger charge is 2.33. The molecule has 0 saturated carbocycles. The Hall–Kier alpha value is -0.610. The number of likely N-dealkylation sites (N-methyl/N-ethyl adjacent to an activating group) is 1. The van der Waals surface area contributed by atoms with Gasteiger partial charge < -0.3 is 10.6 Å². The van der Waals surface area contributed by atoms with Crippen molar-refractivity contribution in [2.45, 2.75) is 18.9 Å². The number of nitrogens with one attached hydrogen (secondary N) is 2. The zero-order valence-electron chi connectivity index (χ0n) is 7.68. The predicted octanol–water partition coefficient (Wildman–Crippen LogP) is -0.911. The summed E-state index contributed by atoms with van der Waals surface area (Å²) in [6.45, 7) is 4.24. The van der Waals surface area contributed by atoms with Crippen molar-refractivity contribution in [3.63, 3.8) is 0 Å². The molecule has 1 heterocycles. The summed E-state index contributed by atoms with van der Waals surface area (Å²) in [6.07, 6.45) is 1.02. The Balaban J connectivity index is 2.59. The molecule has 0 aromatic heterocycles. The molecule has 4 nitrogen and oxygen atoms in total. The van der Waals surface area contributed by atoms with E-state index in [9.17, 15) is 4.79 Å². The molecule has 0 bridgehead atoms. The molecular formula is C8H16N3O. The van der Waals surface area contributed by atoms with Gasteiger partial charge in [-0.05, 0) is 19.9 Å². The summed E-state index contributed by atoms with van der Waals surface area (Å²) < 4.78 is 0. The Morgan fingerprint density at radius 1 is 1.67 bits per heavy atom. The van der Waals surface area contributed by atoms with Gasteiger partial charge in [0, 0.05) is 20.1 Å². The smallest absolute Gasteiger partial charge is 0.242 e. The fraction of sp³-hybridized carbons (Fsp3) is 0.875.